The first-order valence-electron chi connectivity index (χ1n) is 5.58. The zero-order valence-corrected chi connectivity index (χ0v) is 9.43. The molecule has 0 radical (unpaired) electrons. The molecule has 2 heterocycles. The van der Waals surface area contributed by atoms with Crippen LogP contribution in [0.4, 0.5) is 5.82 Å². The third-order valence-electron chi connectivity index (χ3n) is 3.14. The number of nitrogens with zero attached hydrogens (tertiary/aromatic N) is 3. The minimum absolute atomic E-state index is 0.287. The molecule has 2 rings (SSSR count). The summed E-state index contributed by atoms with van der Waals surface area (Å²) in [5, 5.41) is 8.80. The van der Waals surface area contributed by atoms with E-state index in [2.05, 4.69) is 22.9 Å². The van der Waals surface area contributed by atoms with Gasteiger partial charge in [-0.3, -0.25) is 0 Å². The minimum Gasteiger partial charge on any atom is -0.356 e. The van der Waals surface area contributed by atoms with Crippen LogP contribution in [-0.2, 0) is 0 Å². The van der Waals surface area contributed by atoms with Gasteiger partial charge in [0.1, 0.15) is 17.6 Å². The van der Waals surface area contributed by atoms with Gasteiger partial charge in [-0.2, -0.15) is 5.26 Å². The molecule has 0 spiro atoms. The van der Waals surface area contributed by atoms with Gasteiger partial charge in [0.05, 0.1) is 0 Å². The molecule has 1 fully saturated rings. The summed E-state index contributed by atoms with van der Waals surface area (Å²) in [5.74, 6) is 1.36. The maximum atomic E-state index is 8.80. The fourth-order valence-corrected chi connectivity index (χ4v) is 2.03. The van der Waals surface area contributed by atoms with E-state index in [0.29, 0.717) is 11.6 Å². The van der Waals surface area contributed by atoms with Crippen molar-refractivity contribution in [3.05, 3.63) is 23.9 Å². The Bertz CT molecular complexity index is 410. The number of hydrogen-bond donors (Lipinski definition) is 1. The number of piperidine rings is 1. The molecule has 2 atom stereocenters. The topological polar surface area (TPSA) is 65.9 Å². The molecule has 84 valence electrons. The molecule has 4 heteroatoms. The summed E-state index contributed by atoms with van der Waals surface area (Å²) >= 11 is 0. The molecule has 2 N–H and O–H groups in total. The van der Waals surface area contributed by atoms with Crippen LogP contribution in [0.15, 0.2) is 18.2 Å². The molecule has 1 aliphatic heterocycles. The van der Waals surface area contributed by atoms with Crippen LogP contribution in [0.1, 0.15) is 19.0 Å². The Kier molecular flexibility index (Phi) is 3.07. The highest BCUT2D eigenvalue weighted by Gasteiger charge is 2.23. The summed E-state index contributed by atoms with van der Waals surface area (Å²) < 4.78 is 0. The molecule has 1 aromatic rings. The van der Waals surface area contributed by atoms with Gasteiger partial charge in [0, 0.05) is 19.1 Å². The second-order valence-corrected chi connectivity index (χ2v) is 4.37. The van der Waals surface area contributed by atoms with Gasteiger partial charge in [0.25, 0.3) is 0 Å². The third-order valence-corrected chi connectivity index (χ3v) is 3.14. The van der Waals surface area contributed by atoms with Gasteiger partial charge in [-0.15, -0.1) is 0 Å². The van der Waals surface area contributed by atoms with Crippen molar-refractivity contribution < 1.29 is 0 Å². The minimum atomic E-state index is 0.287. The van der Waals surface area contributed by atoms with E-state index in [-0.39, 0.29) is 6.04 Å². The molecule has 1 aromatic heterocycles. The summed E-state index contributed by atoms with van der Waals surface area (Å²) in [6.07, 6.45) is 0.986. The largest absolute Gasteiger partial charge is 0.356 e. The molecule has 1 aliphatic rings. The standard InChI is InChI=1S/C12H16N4/c1-9-8-16(6-5-11(9)14)12-4-2-3-10(7-13)15-12/h2-4,9,11H,5-6,8,14H2,1H3. The molecule has 0 bridgehead atoms. The van der Waals surface area contributed by atoms with Crippen molar-refractivity contribution in [1.82, 2.24) is 4.98 Å². The van der Waals surface area contributed by atoms with E-state index in [1.54, 1.807) is 6.07 Å². The van der Waals surface area contributed by atoms with Crippen molar-refractivity contribution in [3.8, 4) is 6.07 Å². The van der Waals surface area contributed by atoms with Crippen LogP contribution in [0.2, 0.25) is 0 Å². The molecule has 0 aliphatic carbocycles. The number of anilines is 1. The number of nitrogens with two attached hydrogens (primary N) is 1. The predicted molar refractivity (Wildman–Crippen MR) is 62.9 cm³/mol. The first-order chi connectivity index (χ1) is 7.70. The van der Waals surface area contributed by atoms with Crippen LogP contribution in [0, 0.1) is 17.2 Å². The Morgan fingerprint density at radius 1 is 1.56 bits per heavy atom. The summed E-state index contributed by atoms with van der Waals surface area (Å²) in [7, 11) is 0. The fraction of sp³-hybridized carbons (Fsp3) is 0.500. The number of aromatic nitrogens is 1. The molecule has 0 amide bonds. The fourth-order valence-electron chi connectivity index (χ4n) is 2.03. The van der Waals surface area contributed by atoms with Crippen molar-refractivity contribution >= 4 is 5.82 Å². The van der Waals surface area contributed by atoms with Crippen molar-refractivity contribution in [2.45, 2.75) is 19.4 Å². The molecule has 1 saturated heterocycles. The Morgan fingerprint density at radius 3 is 3.06 bits per heavy atom. The van der Waals surface area contributed by atoms with Crippen LogP contribution in [0.25, 0.3) is 0 Å². The lowest BCUT2D eigenvalue weighted by Gasteiger charge is -2.35. The van der Waals surface area contributed by atoms with E-state index >= 15 is 0 Å². The smallest absolute Gasteiger partial charge is 0.142 e. The quantitative estimate of drug-likeness (QED) is 0.764. The zero-order valence-electron chi connectivity index (χ0n) is 9.43. The monoisotopic (exact) mass is 216 g/mol. The van der Waals surface area contributed by atoms with E-state index in [0.717, 1.165) is 25.3 Å². The summed E-state index contributed by atoms with van der Waals surface area (Å²) in [4.78, 5) is 6.50. The molecule has 16 heavy (non-hydrogen) atoms. The van der Waals surface area contributed by atoms with Crippen molar-refractivity contribution in [2.24, 2.45) is 11.7 Å². The second-order valence-electron chi connectivity index (χ2n) is 4.37. The highest BCUT2D eigenvalue weighted by atomic mass is 15.2. The van der Waals surface area contributed by atoms with E-state index in [9.17, 15) is 0 Å². The normalized spacial score (nSPS) is 25.2. The van der Waals surface area contributed by atoms with Gasteiger partial charge in [0.15, 0.2) is 0 Å². The van der Waals surface area contributed by atoms with Crippen molar-refractivity contribution in [1.29, 1.82) is 5.26 Å². The molecule has 0 saturated carbocycles. The molecular formula is C12H16N4. The lowest BCUT2D eigenvalue weighted by atomic mass is 9.95. The van der Waals surface area contributed by atoms with Gasteiger partial charge >= 0.3 is 0 Å². The maximum absolute atomic E-state index is 8.80. The number of hydrogen-bond acceptors (Lipinski definition) is 4. The Balaban J connectivity index is 2.16. The van der Waals surface area contributed by atoms with Gasteiger partial charge < -0.3 is 10.6 Å². The Morgan fingerprint density at radius 2 is 2.38 bits per heavy atom. The second kappa shape index (κ2) is 4.50. The highest BCUT2D eigenvalue weighted by Crippen LogP contribution is 2.20. The van der Waals surface area contributed by atoms with Crippen LogP contribution >= 0.6 is 0 Å². The van der Waals surface area contributed by atoms with Crippen LogP contribution < -0.4 is 10.6 Å². The van der Waals surface area contributed by atoms with E-state index in [1.807, 2.05) is 12.1 Å². The molecule has 0 aromatic carbocycles. The van der Waals surface area contributed by atoms with Gasteiger partial charge in [-0.05, 0) is 24.5 Å². The van der Waals surface area contributed by atoms with E-state index in [1.165, 1.54) is 0 Å². The molecule has 2 unspecified atom stereocenters. The Hall–Kier alpha value is -1.60. The van der Waals surface area contributed by atoms with Gasteiger partial charge in [-0.25, -0.2) is 4.98 Å². The van der Waals surface area contributed by atoms with Crippen LogP contribution in [-0.4, -0.2) is 24.1 Å². The van der Waals surface area contributed by atoms with Crippen molar-refractivity contribution in [2.75, 3.05) is 18.0 Å². The number of nitriles is 1. The number of rotatable bonds is 1. The predicted octanol–water partition coefficient (Wildman–Crippen LogP) is 1.13. The SMILES string of the molecule is CC1CN(c2cccc(C#N)n2)CCC1N. The third kappa shape index (κ3) is 2.15. The molecular weight excluding hydrogens is 200 g/mol. The van der Waals surface area contributed by atoms with E-state index in [4.69, 9.17) is 11.0 Å². The maximum Gasteiger partial charge on any atom is 0.142 e. The Labute approximate surface area is 95.7 Å². The van der Waals surface area contributed by atoms with Crippen LogP contribution in [0.3, 0.4) is 0 Å². The summed E-state index contributed by atoms with van der Waals surface area (Å²) in [6, 6.07) is 7.90. The summed E-state index contributed by atoms with van der Waals surface area (Å²) in [6.45, 7) is 4.00. The zero-order chi connectivity index (χ0) is 11.5. The first kappa shape index (κ1) is 10.9. The first-order valence-corrected chi connectivity index (χ1v) is 5.58. The average molecular weight is 216 g/mol. The average Bonchev–Trinajstić information content (AvgIpc) is 2.33. The van der Waals surface area contributed by atoms with Crippen molar-refractivity contribution in [3.63, 3.8) is 0 Å². The lowest BCUT2D eigenvalue weighted by molar-refractivity contribution is 0.381. The number of pyridine rings is 1. The highest BCUT2D eigenvalue weighted by molar-refractivity contribution is 5.42. The van der Waals surface area contributed by atoms with Gasteiger partial charge in [-0.1, -0.05) is 13.0 Å². The van der Waals surface area contributed by atoms with Crippen LogP contribution in [0.5, 0.6) is 0 Å². The molecule has 4 nitrogen and oxygen atoms in total. The van der Waals surface area contributed by atoms with Gasteiger partial charge in [0.2, 0.25) is 0 Å². The lowest BCUT2D eigenvalue weighted by Crippen LogP contribution is -2.46. The van der Waals surface area contributed by atoms with E-state index < -0.39 is 0 Å². The summed E-state index contributed by atoms with van der Waals surface area (Å²) in [5.41, 5.74) is 6.45.